The number of thiophene rings is 1. The van der Waals surface area contributed by atoms with Crippen molar-refractivity contribution in [1.82, 2.24) is 9.55 Å². The number of H-pyrrole nitrogens is 1. The van der Waals surface area contributed by atoms with Gasteiger partial charge in [-0.05, 0) is 35.8 Å². The average Bonchev–Trinajstić information content (AvgIpc) is 2.97. The van der Waals surface area contributed by atoms with Crippen molar-refractivity contribution in [2.24, 2.45) is 0 Å². The van der Waals surface area contributed by atoms with Gasteiger partial charge in [0.25, 0.3) is 0 Å². The Morgan fingerprint density at radius 2 is 2.10 bits per heavy atom. The van der Waals surface area contributed by atoms with Gasteiger partial charge in [0.1, 0.15) is 0 Å². The summed E-state index contributed by atoms with van der Waals surface area (Å²) >= 11 is 6.97. The Bertz CT molecular complexity index is 918. The summed E-state index contributed by atoms with van der Waals surface area (Å²) < 4.78 is 26.1. The third kappa shape index (κ3) is 2.32. The molecule has 0 aliphatic heterocycles. The molecular weight excluding hydrogens is 312 g/mol. The van der Waals surface area contributed by atoms with Gasteiger partial charge in [0.2, 0.25) is 0 Å². The molecule has 0 aliphatic carbocycles. The van der Waals surface area contributed by atoms with Crippen LogP contribution in [0.5, 0.6) is 0 Å². The molecule has 0 saturated heterocycles. The number of sulfone groups is 1. The smallest absolute Gasteiger partial charge is 0.178 e. The van der Waals surface area contributed by atoms with Crippen LogP contribution < -0.4 is 0 Å². The number of hydrogen-bond acceptors (Lipinski definition) is 4. The molecule has 0 atom stereocenters. The van der Waals surface area contributed by atoms with Gasteiger partial charge < -0.3 is 9.55 Å². The maximum Gasteiger partial charge on any atom is 0.178 e. The number of nitrogens with one attached hydrogen (secondary N) is 1. The highest BCUT2D eigenvalue weighted by Crippen LogP contribution is 2.24. The van der Waals surface area contributed by atoms with Crippen LogP contribution in [0.4, 0.5) is 0 Å². The minimum atomic E-state index is -3.28. The summed E-state index contributed by atoms with van der Waals surface area (Å²) in [7, 11) is -3.28. The Balaban J connectivity index is 2.25. The molecule has 0 fully saturated rings. The highest BCUT2D eigenvalue weighted by Gasteiger charge is 2.15. The standard InChI is InChI=1S/C13H12N2O2S3/c1-20(16,17)11-6-2-5-10-12(11)14-13(18)15(10)8-9-4-3-7-19-9/h2-7H,8H2,1H3,(H,14,18). The van der Waals surface area contributed by atoms with E-state index in [1.165, 1.54) is 11.1 Å². The summed E-state index contributed by atoms with van der Waals surface area (Å²) in [6.45, 7) is 0.643. The van der Waals surface area contributed by atoms with Crippen molar-refractivity contribution >= 4 is 44.4 Å². The van der Waals surface area contributed by atoms with Crippen LogP contribution in [-0.4, -0.2) is 24.2 Å². The minimum absolute atomic E-state index is 0.283. The number of rotatable bonds is 3. The topological polar surface area (TPSA) is 54.9 Å². The van der Waals surface area contributed by atoms with Crippen LogP contribution in [0.3, 0.4) is 0 Å². The second-order valence-electron chi connectivity index (χ2n) is 4.52. The van der Waals surface area contributed by atoms with Gasteiger partial charge in [-0.25, -0.2) is 8.42 Å². The maximum absolute atomic E-state index is 11.8. The van der Waals surface area contributed by atoms with E-state index in [-0.39, 0.29) is 4.90 Å². The van der Waals surface area contributed by atoms with E-state index in [4.69, 9.17) is 12.2 Å². The molecule has 2 heterocycles. The van der Waals surface area contributed by atoms with E-state index in [0.29, 0.717) is 16.8 Å². The van der Waals surface area contributed by atoms with Gasteiger partial charge in [0.05, 0.1) is 22.5 Å². The van der Waals surface area contributed by atoms with Crippen molar-refractivity contribution < 1.29 is 8.42 Å². The normalized spacial score (nSPS) is 12.1. The van der Waals surface area contributed by atoms with Crippen LogP contribution in [-0.2, 0) is 16.4 Å². The van der Waals surface area contributed by atoms with E-state index in [0.717, 1.165) is 5.52 Å². The molecule has 3 rings (SSSR count). The van der Waals surface area contributed by atoms with Crippen LogP contribution >= 0.6 is 23.6 Å². The van der Waals surface area contributed by atoms with Crippen molar-refractivity contribution in [3.05, 3.63) is 45.4 Å². The van der Waals surface area contributed by atoms with Gasteiger partial charge in [-0.2, -0.15) is 0 Å². The molecule has 0 unspecified atom stereocenters. The fraction of sp³-hybridized carbons (Fsp3) is 0.154. The molecule has 104 valence electrons. The summed E-state index contributed by atoms with van der Waals surface area (Å²) in [5.41, 5.74) is 1.39. The summed E-state index contributed by atoms with van der Waals surface area (Å²) in [6.07, 6.45) is 1.20. The van der Waals surface area contributed by atoms with Crippen molar-refractivity contribution in [2.75, 3.05) is 6.26 Å². The largest absolute Gasteiger partial charge is 0.329 e. The summed E-state index contributed by atoms with van der Waals surface area (Å²) in [6, 6.07) is 9.24. The summed E-state index contributed by atoms with van der Waals surface area (Å²) in [4.78, 5) is 4.47. The van der Waals surface area contributed by atoms with Gasteiger partial charge in [-0.1, -0.05) is 12.1 Å². The van der Waals surface area contributed by atoms with E-state index < -0.39 is 9.84 Å². The first-order valence-corrected chi connectivity index (χ1v) is 9.09. The SMILES string of the molecule is CS(=O)(=O)c1cccc2c1[nH]c(=S)n2Cc1cccs1. The molecule has 3 aromatic rings. The van der Waals surface area contributed by atoms with Crippen LogP contribution in [0.2, 0.25) is 0 Å². The van der Waals surface area contributed by atoms with Gasteiger partial charge in [0, 0.05) is 11.1 Å². The van der Waals surface area contributed by atoms with Gasteiger partial charge in [-0.15, -0.1) is 11.3 Å². The van der Waals surface area contributed by atoms with Gasteiger partial charge in [-0.3, -0.25) is 0 Å². The van der Waals surface area contributed by atoms with E-state index in [1.54, 1.807) is 23.5 Å². The fourth-order valence-corrected chi connectivity index (χ4v) is 3.99. The zero-order valence-corrected chi connectivity index (χ0v) is 13.1. The Labute approximate surface area is 125 Å². The molecule has 2 aromatic heterocycles. The molecular formula is C13H12N2O2S3. The monoisotopic (exact) mass is 324 g/mol. The highest BCUT2D eigenvalue weighted by molar-refractivity contribution is 7.91. The lowest BCUT2D eigenvalue weighted by atomic mass is 10.3. The second kappa shape index (κ2) is 4.83. The van der Waals surface area contributed by atoms with Gasteiger partial charge in [0.15, 0.2) is 14.6 Å². The molecule has 0 saturated carbocycles. The first-order valence-electron chi connectivity index (χ1n) is 5.91. The number of aromatic nitrogens is 2. The third-order valence-corrected chi connectivity index (χ3v) is 5.39. The zero-order valence-electron chi connectivity index (χ0n) is 10.7. The molecule has 0 radical (unpaired) electrons. The number of fused-ring (bicyclic) bond motifs is 1. The van der Waals surface area contributed by atoms with Crippen LogP contribution in [0.1, 0.15) is 4.88 Å². The average molecular weight is 324 g/mol. The van der Waals surface area contributed by atoms with E-state index in [1.807, 2.05) is 28.1 Å². The predicted molar refractivity (Wildman–Crippen MR) is 83.7 cm³/mol. The summed E-state index contributed by atoms with van der Waals surface area (Å²) in [5, 5.41) is 2.01. The van der Waals surface area contributed by atoms with Crippen molar-refractivity contribution in [3.63, 3.8) is 0 Å². The van der Waals surface area contributed by atoms with Crippen LogP contribution in [0, 0.1) is 4.77 Å². The lowest BCUT2D eigenvalue weighted by molar-refractivity contribution is 0.602. The number of hydrogen-bond donors (Lipinski definition) is 1. The van der Waals surface area contributed by atoms with Gasteiger partial charge >= 0.3 is 0 Å². The number of aromatic amines is 1. The minimum Gasteiger partial charge on any atom is -0.329 e. The third-order valence-electron chi connectivity index (χ3n) is 3.07. The van der Waals surface area contributed by atoms with E-state index in [9.17, 15) is 8.42 Å². The number of benzene rings is 1. The Morgan fingerprint density at radius 3 is 2.75 bits per heavy atom. The van der Waals surface area contributed by atoms with Crippen molar-refractivity contribution in [1.29, 1.82) is 0 Å². The number of nitrogens with zero attached hydrogens (tertiary/aromatic N) is 1. The molecule has 0 amide bonds. The molecule has 1 N–H and O–H groups in total. The van der Waals surface area contributed by atoms with Crippen LogP contribution in [0.15, 0.2) is 40.6 Å². The number of para-hydroxylation sites is 1. The number of imidazole rings is 1. The molecule has 0 bridgehead atoms. The molecule has 0 aliphatic rings. The first-order chi connectivity index (χ1) is 9.47. The predicted octanol–water partition coefficient (Wildman–Crippen LogP) is 3.21. The maximum atomic E-state index is 11.8. The zero-order chi connectivity index (χ0) is 14.3. The Morgan fingerprint density at radius 1 is 1.30 bits per heavy atom. The van der Waals surface area contributed by atoms with E-state index in [2.05, 4.69) is 4.98 Å². The quantitative estimate of drug-likeness (QED) is 0.753. The molecule has 20 heavy (non-hydrogen) atoms. The lowest BCUT2D eigenvalue weighted by Crippen LogP contribution is -2.00. The second-order valence-corrected chi connectivity index (χ2v) is 7.92. The molecule has 4 nitrogen and oxygen atoms in total. The lowest BCUT2D eigenvalue weighted by Gasteiger charge is -2.04. The fourth-order valence-electron chi connectivity index (χ4n) is 2.18. The highest BCUT2D eigenvalue weighted by atomic mass is 32.2. The van der Waals surface area contributed by atoms with Crippen molar-refractivity contribution in [3.8, 4) is 0 Å². The van der Waals surface area contributed by atoms with E-state index >= 15 is 0 Å². The van der Waals surface area contributed by atoms with Crippen LogP contribution in [0.25, 0.3) is 11.0 Å². The summed E-state index contributed by atoms with van der Waals surface area (Å²) in [5.74, 6) is 0. The Kier molecular flexibility index (Phi) is 3.27. The van der Waals surface area contributed by atoms with Crippen molar-refractivity contribution in [2.45, 2.75) is 11.4 Å². The molecule has 0 spiro atoms. The molecule has 7 heteroatoms. The Hall–Kier alpha value is -1.44. The first kappa shape index (κ1) is 13.5. The molecule has 1 aromatic carbocycles.